The van der Waals surface area contributed by atoms with Gasteiger partial charge in [-0.2, -0.15) is 0 Å². The van der Waals surface area contributed by atoms with Crippen LogP contribution in [0.4, 0.5) is 0 Å². The number of nitrogens with one attached hydrogen (secondary N) is 2. The van der Waals surface area contributed by atoms with Gasteiger partial charge in [-0.3, -0.25) is 4.79 Å². The Morgan fingerprint density at radius 3 is 2.57 bits per heavy atom. The lowest BCUT2D eigenvalue weighted by atomic mass is 10.1. The summed E-state index contributed by atoms with van der Waals surface area (Å²) in [5.74, 6) is -0.288. The molecule has 1 aliphatic rings. The molecule has 2 rings (SSSR count). The Bertz CT molecular complexity index is 606. The van der Waals surface area contributed by atoms with Crippen LogP contribution < -0.4 is 10.0 Å². The molecule has 116 valence electrons. The smallest absolute Gasteiger partial charge is 0.251 e. The molecule has 1 amide bonds. The molecular weight excluding hydrogens is 296 g/mol. The fraction of sp³-hybridized carbons (Fsp3) is 0.462. The quantitative estimate of drug-likeness (QED) is 0.678. The second-order valence-electron chi connectivity index (χ2n) is 4.95. The third kappa shape index (κ3) is 3.79. The lowest BCUT2D eigenvalue weighted by Gasteiger charge is -2.20. The van der Waals surface area contributed by atoms with E-state index in [4.69, 9.17) is 4.74 Å². The molecule has 1 aromatic rings. The van der Waals surface area contributed by atoms with Crippen molar-refractivity contribution in [3.63, 3.8) is 0 Å². The number of hydrogen-bond donors (Lipinski definition) is 3. The summed E-state index contributed by atoms with van der Waals surface area (Å²) in [4.78, 5) is 11.4. The molecule has 1 aliphatic heterocycles. The van der Waals surface area contributed by atoms with Crippen LogP contribution in [0, 0.1) is 0 Å². The Kier molecular flexibility index (Phi) is 4.62. The van der Waals surface area contributed by atoms with E-state index in [1.54, 1.807) is 0 Å². The van der Waals surface area contributed by atoms with Gasteiger partial charge in [0.2, 0.25) is 10.0 Å². The van der Waals surface area contributed by atoms with Gasteiger partial charge in [0.25, 0.3) is 5.91 Å². The Morgan fingerprint density at radius 2 is 2.05 bits per heavy atom. The number of aliphatic hydroxyl groups is 1. The lowest BCUT2D eigenvalue weighted by molar-refractivity contribution is 0.0314. The van der Waals surface area contributed by atoms with Crippen molar-refractivity contribution >= 4 is 15.9 Å². The van der Waals surface area contributed by atoms with E-state index in [-0.39, 0.29) is 24.0 Å². The monoisotopic (exact) mass is 314 g/mol. The summed E-state index contributed by atoms with van der Waals surface area (Å²) >= 11 is 0. The van der Waals surface area contributed by atoms with Gasteiger partial charge in [-0.1, -0.05) is 0 Å². The topological polar surface area (TPSA) is 105 Å². The van der Waals surface area contributed by atoms with Gasteiger partial charge in [-0.05, 0) is 24.3 Å². The third-order valence-corrected chi connectivity index (χ3v) is 4.74. The average molecular weight is 314 g/mol. The van der Waals surface area contributed by atoms with Crippen LogP contribution in [0.25, 0.3) is 0 Å². The first kappa shape index (κ1) is 15.9. The van der Waals surface area contributed by atoms with Crippen LogP contribution in [0.5, 0.6) is 0 Å². The number of amides is 1. The molecule has 1 heterocycles. The second kappa shape index (κ2) is 6.10. The zero-order chi connectivity index (χ0) is 15.5. The van der Waals surface area contributed by atoms with Gasteiger partial charge in [0.05, 0.1) is 11.5 Å². The van der Waals surface area contributed by atoms with E-state index < -0.39 is 15.6 Å². The minimum atomic E-state index is -3.73. The molecule has 7 nitrogen and oxygen atoms in total. The summed E-state index contributed by atoms with van der Waals surface area (Å²) in [7, 11) is -2.23. The van der Waals surface area contributed by atoms with E-state index in [0.29, 0.717) is 18.6 Å². The fourth-order valence-corrected chi connectivity index (χ4v) is 3.10. The predicted molar refractivity (Wildman–Crippen MR) is 75.4 cm³/mol. The van der Waals surface area contributed by atoms with Crippen LogP contribution in [0.2, 0.25) is 0 Å². The van der Waals surface area contributed by atoms with Gasteiger partial charge in [-0.15, -0.1) is 0 Å². The molecule has 0 aliphatic carbocycles. The molecule has 1 aromatic carbocycles. The molecule has 0 saturated carbocycles. The summed E-state index contributed by atoms with van der Waals surface area (Å²) in [5.41, 5.74) is -0.783. The molecule has 0 bridgehead atoms. The molecule has 8 heteroatoms. The minimum Gasteiger partial charge on any atom is -0.386 e. The number of sulfonamides is 1. The lowest BCUT2D eigenvalue weighted by Crippen LogP contribution is -2.43. The van der Waals surface area contributed by atoms with Crippen molar-refractivity contribution in [2.24, 2.45) is 0 Å². The fourth-order valence-electron chi connectivity index (χ4n) is 1.98. The SMILES string of the molecule is CNC(=O)c1ccc(S(=O)(=O)NCC2(O)CCOC2)cc1. The number of rotatable bonds is 5. The summed E-state index contributed by atoms with van der Waals surface area (Å²) in [6.07, 6.45) is 0.394. The van der Waals surface area contributed by atoms with Crippen LogP contribution >= 0.6 is 0 Å². The molecule has 0 spiro atoms. The molecule has 1 saturated heterocycles. The van der Waals surface area contributed by atoms with E-state index in [1.165, 1.54) is 31.3 Å². The maximum atomic E-state index is 12.1. The Balaban J connectivity index is 2.07. The van der Waals surface area contributed by atoms with Gasteiger partial charge >= 0.3 is 0 Å². The molecule has 1 atom stereocenters. The van der Waals surface area contributed by atoms with E-state index in [0.717, 1.165) is 0 Å². The molecule has 0 aromatic heterocycles. The molecule has 1 fully saturated rings. The van der Waals surface area contributed by atoms with E-state index in [9.17, 15) is 18.3 Å². The van der Waals surface area contributed by atoms with Crippen LogP contribution in [-0.4, -0.2) is 51.8 Å². The molecule has 3 N–H and O–H groups in total. The maximum absolute atomic E-state index is 12.1. The van der Waals surface area contributed by atoms with Gasteiger partial charge in [-0.25, -0.2) is 13.1 Å². The first-order valence-electron chi connectivity index (χ1n) is 6.48. The second-order valence-corrected chi connectivity index (χ2v) is 6.72. The molecular formula is C13H18N2O5S. The summed E-state index contributed by atoms with van der Waals surface area (Å²) in [5, 5.41) is 12.5. The van der Waals surface area contributed by atoms with E-state index >= 15 is 0 Å². The summed E-state index contributed by atoms with van der Waals surface area (Å²) in [6.45, 7) is 0.427. The Hall–Kier alpha value is -1.48. The molecule has 0 radical (unpaired) electrons. The largest absolute Gasteiger partial charge is 0.386 e. The third-order valence-electron chi connectivity index (χ3n) is 3.33. The number of hydrogen-bond acceptors (Lipinski definition) is 5. The zero-order valence-corrected chi connectivity index (χ0v) is 12.4. The van der Waals surface area contributed by atoms with Gasteiger partial charge in [0, 0.05) is 32.2 Å². The van der Waals surface area contributed by atoms with Crippen molar-refractivity contribution < 1.29 is 23.1 Å². The predicted octanol–water partition coefficient (Wildman–Crippen LogP) is -0.524. The van der Waals surface area contributed by atoms with Gasteiger partial charge in [0.15, 0.2) is 0 Å². The number of carbonyl (C=O) groups is 1. The highest BCUT2D eigenvalue weighted by Crippen LogP contribution is 2.18. The summed E-state index contributed by atoms with van der Waals surface area (Å²) in [6, 6.07) is 5.56. The molecule has 21 heavy (non-hydrogen) atoms. The highest BCUT2D eigenvalue weighted by Gasteiger charge is 2.33. The van der Waals surface area contributed by atoms with Crippen LogP contribution in [-0.2, 0) is 14.8 Å². The first-order valence-corrected chi connectivity index (χ1v) is 7.97. The van der Waals surface area contributed by atoms with Crippen molar-refractivity contribution in [1.29, 1.82) is 0 Å². The van der Waals surface area contributed by atoms with Crippen LogP contribution in [0.1, 0.15) is 16.8 Å². The van der Waals surface area contributed by atoms with Crippen LogP contribution in [0.15, 0.2) is 29.2 Å². The minimum absolute atomic E-state index is 0.0395. The molecule has 1 unspecified atom stereocenters. The summed E-state index contributed by atoms with van der Waals surface area (Å²) < 4.78 is 31.7. The van der Waals surface area contributed by atoms with E-state index in [2.05, 4.69) is 10.0 Å². The number of carbonyl (C=O) groups excluding carboxylic acids is 1. The Labute approximate surface area is 123 Å². The maximum Gasteiger partial charge on any atom is 0.251 e. The van der Waals surface area contributed by atoms with Gasteiger partial charge < -0.3 is 15.2 Å². The van der Waals surface area contributed by atoms with E-state index in [1.807, 2.05) is 0 Å². The average Bonchev–Trinajstić information content (AvgIpc) is 2.92. The highest BCUT2D eigenvalue weighted by atomic mass is 32.2. The highest BCUT2D eigenvalue weighted by molar-refractivity contribution is 7.89. The standard InChI is InChI=1S/C13H18N2O5S/c1-14-12(16)10-2-4-11(5-3-10)21(18,19)15-8-13(17)6-7-20-9-13/h2-5,15,17H,6-9H2,1H3,(H,14,16). The van der Waals surface area contributed by atoms with Gasteiger partial charge in [0.1, 0.15) is 5.60 Å². The normalized spacial score (nSPS) is 22.2. The van der Waals surface area contributed by atoms with Crippen molar-refractivity contribution in [2.45, 2.75) is 16.9 Å². The van der Waals surface area contributed by atoms with Crippen molar-refractivity contribution in [2.75, 3.05) is 26.8 Å². The van der Waals surface area contributed by atoms with Crippen LogP contribution in [0.3, 0.4) is 0 Å². The number of benzene rings is 1. The first-order chi connectivity index (χ1) is 9.86. The zero-order valence-electron chi connectivity index (χ0n) is 11.6. The van der Waals surface area contributed by atoms with Crippen molar-refractivity contribution in [3.05, 3.63) is 29.8 Å². The Morgan fingerprint density at radius 1 is 1.38 bits per heavy atom. The number of ether oxygens (including phenoxy) is 1. The van der Waals surface area contributed by atoms with Crippen molar-refractivity contribution in [3.8, 4) is 0 Å². The van der Waals surface area contributed by atoms with Crippen molar-refractivity contribution in [1.82, 2.24) is 10.0 Å².